The monoisotopic (exact) mass is 894 g/mol. The van der Waals surface area contributed by atoms with Crippen LogP contribution in [0.2, 0.25) is 0 Å². The van der Waals surface area contributed by atoms with Crippen LogP contribution in [0.4, 0.5) is 17.6 Å². The number of halogens is 4. The highest BCUT2D eigenvalue weighted by molar-refractivity contribution is 5.90. The Labute approximate surface area is 369 Å². The Balaban J connectivity index is 0.000000241. The lowest BCUT2D eigenvalue weighted by Crippen LogP contribution is -2.33. The SMILES string of the molecule is C=CC(F)(F)Oc1cc2c(cc1OC)-c1cc(=O)c(C(=O)OCC)cn1C(C(C)(C)C)C2.CCOC(=O)c1cn2c(cc1=O)-c1cc(OC)c(OCC=C(F)F)cc1CC2C(C)(C)C. The molecule has 0 fully saturated rings. The van der Waals surface area contributed by atoms with E-state index in [0.29, 0.717) is 53.4 Å². The molecule has 2 atom stereocenters. The van der Waals surface area contributed by atoms with Crippen molar-refractivity contribution in [1.29, 1.82) is 0 Å². The molecule has 2 aliphatic rings. The van der Waals surface area contributed by atoms with E-state index in [1.165, 1.54) is 38.6 Å². The van der Waals surface area contributed by atoms with Gasteiger partial charge in [-0.15, -0.1) is 0 Å². The highest BCUT2D eigenvalue weighted by Gasteiger charge is 2.37. The van der Waals surface area contributed by atoms with Crippen LogP contribution in [0.5, 0.6) is 23.0 Å². The first-order chi connectivity index (χ1) is 30.0. The fourth-order valence-electron chi connectivity index (χ4n) is 7.74. The molecule has 2 aromatic carbocycles. The Morgan fingerprint density at radius 2 is 1.12 bits per heavy atom. The van der Waals surface area contributed by atoms with E-state index in [-0.39, 0.29) is 65.4 Å². The summed E-state index contributed by atoms with van der Waals surface area (Å²) in [6, 6.07) is 9.14. The molecule has 0 N–H and O–H groups in total. The summed E-state index contributed by atoms with van der Waals surface area (Å²) in [5.41, 5.74) is 2.76. The first kappa shape index (κ1) is 48.7. The maximum absolute atomic E-state index is 13.8. The van der Waals surface area contributed by atoms with Crippen molar-refractivity contribution in [3.05, 3.63) is 116 Å². The number of nitrogens with zero attached hydrogens (tertiary/aromatic N) is 2. The molecule has 2 aliphatic heterocycles. The molecular weight excluding hydrogens is 841 g/mol. The maximum atomic E-state index is 13.8. The van der Waals surface area contributed by atoms with Crippen LogP contribution in [0.1, 0.15) is 99.3 Å². The number of ether oxygens (including phenoxy) is 6. The quantitative estimate of drug-likeness (QED) is 0.0769. The Bertz CT molecular complexity index is 2580. The van der Waals surface area contributed by atoms with Crippen molar-refractivity contribution in [2.24, 2.45) is 10.8 Å². The molecule has 4 aromatic rings. The first-order valence-corrected chi connectivity index (χ1v) is 20.6. The third kappa shape index (κ3) is 10.5. The van der Waals surface area contributed by atoms with E-state index in [1.807, 2.05) is 29.9 Å². The number of alkyl halides is 2. The van der Waals surface area contributed by atoms with Crippen LogP contribution in [0.25, 0.3) is 22.5 Å². The normalized spacial score (nSPS) is 15.1. The topological polar surface area (TPSA) is 134 Å². The number of carbonyl (C=O) groups is 2. The zero-order valence-electron chi connectivity index (χ0n) is 37.7. The molecular formula is C48H54F4N2O10. The second-order valence-electron chi connectivity index (χ2n) is 17.3. The fraction of sp³-hybridized carbons (Fsp3) is 0.417. The van der Waals surface area contributed by atoms with E-state index in [2.05, 4.69) is 27.4 Å². The highest BCUT2D eigenvalue weighted by Crippen LogP contribution is 2.48. The van der Waals surface area contributed by atoms with Gasteiger partial charge in [0.25, 0.3) is 6.08 Å². The van der Waals surface area contributed by atoms with Crippen LogP contribution < -0.4 is 29.8 Å². The molecule has 344 valence electrons. The lowest BCUT2D eigenvalue weighted by Gasteiger charge is -2.39. The molecule has 12 nitrogen and oxygen atoms in total. The number of hydrogen-bond acceptors (Lipinski definition) is 10. The van der Waals surface area contributed by atoms with Crippen molar-refractivity contribution in [2.75, 3.05) is 34.0 Å². The average Bonchev–Trinajstić information content (AvgIpc) is 3.21. The Hall–Kier alpha value is -6.32. The number of esters is 2. The van der Waals surface area contributed by atoms with Gasteiger partial charge in [-0.1, -0.05) is 48.1 Å². The summed E-state index contributed by atoms with van der Waals surface area (Å²) in [6.07, 6.45) is -0.138. The molecule has 0 aliphatic carbocycles. The number of pyridine rings is 2. The van der Waals surface area contributed by atoms with Gasteiger partial charge in [-0.25, -0.2) is 9.59 Å². The molecule has 2 aromatic heterocycles. The predicted octanol–water partition coefficient (Wildman–Crippen LogP) is 10.0. The van der Waals surface area contributed by atoms with E-state index in [1.54, 1.807) is 38.2 Å². The van der Waals surface area contributed by atoms with E-state index in [0.717, 1.165) is 16.7 Å². The lowest BCUT2D eigenvalue weighted by molar-refractivity contribution is -0.132. The second kappa shape index (κ2) is 19.2. The summed E-state index contributed by atoms with van der Waals surface area (Å²) in [7, 11) is 2.80. The van der Waals surface area contributed by atoms with Crippen molar-refractivity contribution < 1.29 is 55.6 Å². The lowest BCUT2D eigenvalue weighted by atomic mass is 9.78. The second-order valence-corrected chi connectivity index (χ2v) is 17.3. The summed E-state index contributed by atoms with van der Waals surface area (Å²) in [5, 5.41) is 0. The first-order valence-electron chi connectivity index (χ1n) is 20.6. The Morgan fingerprint density at radius 3 is 1.50 bits per heavy atom. The van der Waals surface area contributed by atoms with Gasteiger partial charge in [-0.05, 0) is 72.9 Å². The summed E-state index contributed by atoms with van der Waals surface area (Å²) in [4.78, 5) is 50.1. The Morgan fingerprint density at radius 1 is 0.703 bits per heavy atom. The molecule has 0 spiro atoms. The molecule has 0 bridgehead atoms. The van der Waals surface area contributed by atoms with E-state index in [9.17, 15) is 36.7 Å². The zero-order chi connectivity index (χ0) is 47.5. The van der Waals surface area contributed by atoms with Crippen LogP contribution >= 0.6 is 0 Å². The number of benzene rings is 2. The van der Waals surface area contributed by atoms with Gasteiger partial charge in [0.1, 0.15) is 17.7 Å². The van der Waals surface area contributed by atoms with Crippen molar-refractivity contribution in [3.63, 3.8) is 0 Å². The summed E-state index contributed by atoms with van der Waals surface area (Å²) < 4.78 is 87.4. The summed E-state index contributed by atoms with van der Waals surface area (Å²) >= 11 is 0. The predicted molar refractivity (Wildman–Crippen MR) is 233 cm³/mol. The standard InChI is InChI=1S/2C24H27F2NO5/c1-7-24(25,26)32-20-9-14-10-21(23(3,4)5)27-13-16(22(29)31-8-2)18(28)12-17(27)15(14)11-19(20)30-6;1-6-31-23(29)16-13-27-17(12-18(16)28)15-11-19(30-5)20(32-8-7-22(25)26)9-14(15)10-21(27)24(2,3)4/h7,9,11-13,21H,1,8,10H2,2-6H3;7,9,11-13,21H,6,8,10H2,1-5H3. The fourth-order valence-corrected chi connectivity index (χ4v) is 7.74. The van der Waals surface area contributed by atoms with Crippen LogP contribution in [0.15, 0.2) is 83.2 Å². The van der Waals surface area contributed by atoms with Crippen LogP contribution in [-0.4, -0.2) is 61.2 Å². The molecule has 0 amide bonds. The van der Waals surface area contributed by atoms with Crippen molar-refractivity contribution in [2.45, 2.75) is 86.4 Å². The molecule has 0 saturated carbocycles. The summed E-state index contributed by atoms with van der Waals surface area (Å²) in [6.45, 7) is 18.8. The minimum Gasteiger partial charge on any atom is -0.493 e. The van der Waals surface area contributed by atoms with Crippen molar-refractivity contribution in [1.82, 2.24) is 9.13 Å². The zero-order valence-corrected chi connectivity index (χ0v) is 37.7. The molecule has 4 heterocycles. The third-order valence-electron chi connectivity index (χ3n) is 10.9. The van der Waals surface area contributed by atoms with E-state index < -0.39 is 35.0 Å². The van der Waals surface area contributed by atoms with Crippen LogP contribution in [-0.2, 0) is 22.3 Å². The summed E-state index contributed by atoms with van der Waals surface area (Å²) in [5.74, 6) is -0.662. The van der Waals surface area contributed by atoms with E-state index >= 15 is 0 Å². The van der Waals surface area contributed by atoms with Gasteiger partial charge in [0.15, 0.2) is 33.9 Å². The smallest absolute Gasteiger partial charge is 0.419 e. The van der Waals surface area contributed by atoms with Gasteiger partial charge in [0.05, 0.1) is 38.8 Å². The van der Waals surface area contributed by atoms with Crippen molar-refractivity contribution in [3.8, 4) is 45.5 Å². The molecule has 0 radical (unpaired) electrons. The van der Waals surface area contributed by atoms with Crippen LogP contribution in [0.3, 0.4) is 0 Å². The number of carbonyl (C=O) groups excluding carboxylic acids is 2. The molecule has 0 saturated heterocycles. The molecule has 64 heavy (non-hydrogen) atoms. The van der Waals surface area contributed by atoms with Crippen LogP contribution in [0, 0.1) is 10.8 Å². The highest BCUT2D eigenvalue weighted by atomic mass is 19.3. The van der Waals surface area contributed by atoms with Gasteiger partial charge >= 0.3 is 18.0 Å². The molecule has 2 unspecified atom stereocenters. The van der Waals surface area contributed by atoms with Gasteiger partial charge in [-0.3, -0.25) is 9.59 Å². The number of methoxy groups -OCH3 is 2. The number of hydrogen-bond donors (Lipinski definition) is 0. The third-order valence-corrected chi connectivity index (χ3v) is 10.9. The minimum atomic E-state index is -3.57. The maximum Gasteiger partial charge on any atom is 0.419 e. The number of rotatable bonds is 12. The van der Waals surface area contributed by atoms with Gasteiger partial charge in [-0.2, -0.15) is 17.6 Å². The number of aromatic nitrogens is 2. The minimum absolute atomic E-state index is 0.0137. The average molecular weight is 895 g/mol. The van der Waals surface area contributed by atoms with E-state index in [4.69, 9.17) is 28.4 Å². The largest absolute Gasteiger partial charge is 0.493 e. The molecule has 6 rings (SSSR count). The number of fused-ring (bicyclic) bond motifs is 6. The van der Waals surface area contributed by atoms with Gasteiger partial charge < -0.3 is 37.6 Å². The Kier molecular flexibility index (Phi) is 14.6. The van der Waals surface area contributed by atoms with Crippen molar-refractivity contribution >= 4 is 11.9 Å². The van der Waals surface area contributed by atoms with Gasteiger partial charge in [0.2, 0.25) is 0 Å². The molecule has 16 heteroatoms. The van der Waals surface area contributed by atoms with Gasteiger partial charge in [0, 0.05) is 59.9 Å².